The van der Waals surface area contributed by atoms with Crippen LogP contribution in [0.25, 0.3) is 6.08 Å². The van der Waals surface area contributed by atoms with E-state index in [1.54, 1.807) is 25.1 Å². The first-order chi connectivity index (χ1) is 12.3. The quantitative estimate of drug-likeness (QED) is 0.354. The van der Waals surface area contributed by atoms with Crippen LogP contribution in [0.3, 0.4) is 0 Å². The zero-order valence-electron chi connectivity index (χ0n) is 13.9. The van der Waals surface area contributed by atoms with Gasteiger partial charge in [0.05, 0.1) is 6.07 Å². The number of anilines is 1. The molecular formula is C17H15ClN2O6. The molecule has 8 nitrogen and oxygen atoms in total. The average Bonchev–Trinajstić information content (AvgIpc) is 3.06. The Kier molecular flexibility index (Phi) is 6.13. The number of hydrogen-bond acceptors (Lipinski definition) is 6. The van der Waals surface area contributed by atoms with Gasteiger partial charge in [0.25, 0.3) is 5.91 Å². The highest BCUT2D eigenvalue weighted by molar-refractivity contribution is 6.31. The van der Waals surface area contributed by atoms with E-state index < -0.39 is 28.8 Å². The summed E-state index contributed by atoms with van der Waals surface area (Å²) >= 11 is 5.99. The zero-order valence-corrected chi connectivity index (χ0v) is 14.6. The Bertz CT molecular complexity index is 874. The van der Waals surface area contributed by atoms with Crippen LogP contribution in [0.4, 0.5) is 11.6 Å². The molecule has 1 amide bonds. The smallest absolute Gasteiger partial charge is 0.433 e. The van der Waals surface area contributed by atoms with Gasteiger partial charge in [-0.05, 0) is 43.7 Å². The number of rotatable bonds is 6. The summed E-state index contributed by atoms with van der Waals surface area (Å²) < 4.78 is 9.85. The third kappa shape index (κ3) is 4.93. The van der Waals surface area contributed by atoms with Gasteiger partial charge in [-0.3, -0.25) is 14.9 Å². The predicted molar refractivity (Wildman–Crippen MR) is 94.8 cm³/mol. The largest absolute Gasteiger partial charge is 0.449 e. The first-order valence-corrected chi connectivity index (χ1v) is 7.84. The van der Waals surface area contributed by atoms with Crippen molar-refractivity contribution in [2.45, 2.75) is 20.0 Å². The lowest BCUT2D eigenvalue weighted by atomic mass is 10.2. The van der Waals surface area contributed by atoms with Crippen LogP contribution in [0.1, 0.15) is 18.2 Å². The molecule has 1 N–H and O–H groups in total. The highest BCUT2D eigenvalue weighted by Gasteiger charge is 2.18. The van der Waals surface area contributed by atoms with Crippen LogP contribution >= 0.6 is 11.6 Å². The van der Waals surface area contributed by atoms with E-state index in [2.05, 4.69) is 5.32 Å². The second-order valence-corrected chi connectivity index (χ2v) is 5.65. The van der Waals surface area contributed by atoms with Gasteiger partial charge >= 0.3 is 11.9 Å². The van der Waals surface area contributed by atoms with Crippen LogP contribution in [0, 0.1) is 17.0 Å². The third-order valence-electron chi connectivity index (χ3n) is 3.36. The van der Waals surface area contributed by atoms with Crippen molar-refractivity contribution in [3.63, 3.8) is 0 Å². The van der Waals surface area contributed by atoms with E-state index in [-0.39, 0.29) is 5.76 Å². The Hall–Kier alpha value is -3.13. The average molecular weight is 379 g/mol. The van der Waals surface area contributed by atoms with E-state index in [0.717, 1.165) is 12.1 Å². The zero-order chi connectivity index (χ0) is 19.3. The molecule has 0 saturated heterocycles. The van der Waals surface area contributed by atoms with Crippen molar-refractivity contribution in [1.29, 1.82) is 0 Å². The van der Waals surface area contributed by atoms with Gasteiger partial charge in [0.1, 0.15) is 10.7 Å². The number of halogens is 1. The first kappa shape index (κ1) is 19.2. The van der Waals surface area contributed by atoms with Gasteiger partial charge in [0, 0.05) is 16.8 Å². The summed E-state index contributed by atoms with van der Waals surface area (Å²) in [5.74, 6) is -1.65. The van der Waals surface area contributed by atoms with E-state index in [1.165, 1.54) is 19.1 Å². The number of hydrogen-bond donors (Lipinski definition) is 1. The lowest BCUT2D eigenvalue weighted by Gasteiger charge is -2.14. The molecule has 26 heavy (non-hydrogen) atoms. The van der Waals surface area contributed by atoms with Gasteiger partial charge in [-0.15, -0.1) is 0 Å². The fraction of sp³-hybridized carbons (Fsp3) is 0.176. The molecule has 0 unspecified atom stereocenters. The fourth-order valence-corrected chi connectivity index (χ4v) is 2.10. The van der Waals surface area contributed by atoms with Gasteiger partial charge in [-0.1, -0.05) is 17.7 Å². The third-order valence-corrected chi connectivity index (χ3v) is 3.77. The van der Waals surface area contributed by atoms with Crippen molar-refractivity contribution in [3.05, 3.63) is 62.9 Å². The molecule has 0 fully saturated rings. The molecule has 0 spiro atoms. The molecule has 136 valence electrons. The van der Waals surface area contributed by atoms with Crippen LogP contribution in [-0.2, 0) is 14.3 Å². The van der Waals surface area contributed by atoms with E-state index in [1.807, 2.05) is 0 Å². The van der Waals surface area contributed by atoms with Crippen molar-refractivity contribution in [1.82, 2.24) is 0 Å². The van der Waals surface area contributed by atoms with Crippen LogP contribution in [0.2, 0.25) is 5.02 Å². The molecule has 1 aromatic heterocycles. The standard InChI is InChI=1S/C17H15ClN2O6/c1-10-13(18)4-3-5-14(10)19-17(22)11(2)25-16(21)9-7-12-6-8-15(26-12)20(23)24/h3-9,11H,1-2H3,(H,19,22)/b9-7+/t11-/m0/s1. The highest BCUT2D eigenvalue weighted by Crippen LogP contribution is 2.23. The summed E-state index contributed by atoms with van der Waals surface area (Å²) in [5.41, 5.74) is 1.21. The Morgan fingerprint density at radius 3 is 2.73 bits per heavy atom. The Morgan fingerprint density at radius 1 is 1.35 bits per heavy atom. The Morgan fingerprint density at radius 2 is 2.08 bits per heavy atom. The molecule has 1 heterocycles. The molecule has 0 aliphatic rings. The summed E-state index contributed by atoms with van der Waals surface area (Å²) in [6.45, 7) is 3.17. The van der Waals surface area contributed by atoms with E-state index in [9.17, 15) is 19.7 Å². The molecule has 1 atom stereocenters. The number of ether oxygens (including phenoxy) is 1. The normalized spacial score (nSPS) is 12.0. The van der Waals surface area contributed by atoms with Gasteiger partial charge < -0.3 is 14.5 Å². The summed E-state index contributed by atoms with van der Waals surface area (Å²) in [5, 5.41) is 13.6. The molecule has 0 radical (unpaired) electrons. The van der Waals surface area contributed by atoms with Crippen LogP contribution in [0.5, 0.6) is 0 Å². The number of carbonyl (C=O) groups is 2. The minimum absolute atomic E-state index is 0.111. The van der Waals surface area contributed by atoms with E-state index in [4.69, 9.17) is 20.8 Å². The summed E-state index contributed by atoms with van der Waals surface area (Å²) in [6, 6.07) is 7.55. The summed E-state index contributed by atoms with van der Waals surface area (Å²) in [4.78, 5) is 33.7. The number of nitro groups is 1. The molecule has 2 aromatic rings. The van der Waals surface area contributed by atoms with E-state index >= 15 is 0 Å². The molecule has 1 aromatic carbocycles. The Balaban J connectivity index is 1.93. The molecular weight excluding hydrogens is 364 g/mol. The number of amides is 1. The second-order valence-electron chi connectivity index (χ2n) is 5.25. The number of esters is 1. The summed E-state index contributed by atoms with van der Waals surface area (Å²) in [7, 11) is 0. The van der Waals surface area contributed by atoms with Crippen molar-refractivity contribution < 1.29 is 23.7 Å². The number of carbonyl (C=O) groups excluding carboxylic acids is 2. The Labute approximate surface area is 153 Å². The molecule has 0 aliphatic heterocycles. The van der Waals surface area contributed by atoms with Crippen molar-refractivity contribution in [2.75, 3.05) is 5.32 Å². The number of furan rings is 1. The number of nitrogens with zero attached hydrogens (tertiary/aromatic N) is 1. The minimum Gasteiger partial charge on any atom is -0.449 e. The molecule has 0 saturated carbocycles. The van der Waals surface area contributed by atoms with Gasteiger partial charge in [0.2, 0.25) is 0 Å². The fourth-order valence-electron chi connectivity index (χ4n) is 1.92. The maximum atomic E-state index is 12.1. The number of benzene rings is 1. The van der Waals surface area contributed by atoms with E-state index in [0.29, 0.717) is 16.3 Å². The molecule has 9 heteroatoms. The van der Waals surface area contributed by atoms with Crippen LogP contribution in [-0.4, -0.2) is 22.9 Å². The van der Waals surface area contributed by atoms with Crippen molar-refractivity contribution in [3.8, 4) is 0 Å². The lowest BCUT2D eigenvalue weighted by Crippen LogP contribution is -2.29. The first-order valence-electron chi connectivity index (χ1n) is 7.47. The maximum absolute atomic E-state index is 12.1. The lowest BCUT2D eigenvalue weighted by molar-refractivity contribution is -0.402. The SMILES string of the molecule is Cc1c(Cl)cccc1NC(=O)[C@H](C)OC(=O)/C=C/c1ccc([N+](=O)[O-])o1. The van der Waals surface area contributed by atoms with Crippen LogP contribution in [0.15, 0.2) is 40.8 Å². The van der Waals surface area contributed by atoms with Crippen molar-refractivity contribution >= 4 is 41.1 Å². The highest BCUT2D eigenvalue weighted by atomic mass is 35.5. The van der Waals surface area contributed by atoms with Gasteiger partial charge in [-0.25, -0.2) is 4.79 Å². The molecule has 2 rings (SSSR count). The van der Waals surface area contributed by atoms with Gasteiger partial charge in [-0.2, -0.15) is 0 Å². The van der Waals surface area contributed by atoms with Crippen molar-refractivity contribution in [2.24, 2.45) is 0 Å². The summed E-state index contributed by atoms with van der Waals surface area (Å²) in [6.07, 6.45) is 1.16. The maximum Gasteiger partial charge on any atom is 0.433 e. The van der Waals surface area contributed by atoms with Gasteiger partial charge in [0.15, 0.2) is 6.10 Å². The molecule has 0 aliphatic carbocycles. The monoisotopic (exact) mass is 378 g/mol. The number of nitrogens with one attached hydrogen (secondary N) is 1. The second kappa shape index (κ2) is 8.30. The molecule has 0 bridgehead atoms. The topological polar surface area (TPSA) is 112 Å². The predicted octanol–water partition coefficient (Wildman–Crippen LogP) is 3.73. The minimum atomic E-state index is -1.06. The van der Waals surface area contributed by atoms with Crippen LogP contribution < -0.4 is 5.32 Å².